The number of carbonyl (C=O) groups excluding carboxylic acids is 2. The van der Waals surface area contributed by atoms with E-state index >= 15 is 0 Å². The quantitative estimate of drug-likeness (QED) is 0.647. The van der Waals surface area contributed by atoms with Crippen molar-refractivity contribution in [3.63, 3.8) is 0 Å². The topological polar surface area (TPSA) is 81.4 Å². The number of amides is 1. The summed E-state index contributed by atoms with van der Waals surface area (Å²) in [5.74, 6) is -1.37. The number of nitrogens with zero attached hydrogens (tertiary/aromatic N) is 1. The Hall–Kier alpha value is -2.37. The summed E-state index contributed by atoms with van der Waals surface area (Å²) in [4.78, 5) is 26.5. The van der Waals surface area contributed by atoms with Crippen LogP contribution >= 0.6 is 0 Å². The Balaban J connectivity index is 1.98. The van der Waals surface area contributed by atoms with Crippen LogP contribution in [0.15, 0.2) is 28.7 Å². The fourth-order valence-corrected chi connectivity index (χ4v) is 1.42. The number of oxazole rings is 1. The summed E-state index contributed by atoms with van der Waals surface area (Å²) in [7, 11) is 0. The van der Waals surface area contributed by atoms with E-state index in [0.717, 1.165) is 0 Å². The minimum atomic E-state index is -0.909. The predicted molar refractivity (Wildman–Crippen MR) is 62.5 cm³/mol. The number of para-hydroxylation sites is 2. The van der Waals surface area contributed by atoms with Crippen LogP contribution in [0, 0.1) is 0 Å². The van der Waals surface area contributed by atoms with Crippen molar-refractivity contribution in [3.05, 3.63) is 30.2 Å². The van der Waals surface area contributed by atoms with E-state index in [1.165, 1.54) is 0 Å². The van der Waals surface area contributed by atoms with Crippen LogP contribution < -0.4 is 5.32 Å². The fourth-order valence-electron chi connectivity index (χ4n) is 1.42. The molecule has 1 heterocycles. The number of esters is 1. The summed E-state index contributed by atoms with van der Waals surface area (Å²) < 4.78 is 9.93. The first-order valence-corrected chi connectivity index (χ1v) is 5.50. The van der Waals surface area contributed by atoms with Gasteiger partial charge in [0.15, 0.2) is 5.58 Å². The maximum absolute atomic E-state index is 11.3. The summed E-state index contributed by atoms with van der Waals surface area (Å²) in [5.41, 5.74) is 1.34. The lowest BCUT2D eigenvalue weighted by Gasteiger charge is -2.01. The summed E-state index contributed by atoms with van der Waals surface area (Å²) in [6.07, 6.45) is 0. The first kappa shape index (κ1) is 12.1. The molecule has 0 fully saturated rings. The first-order chi connectivity index (χ1) is 8.70. The highest BCUT2D eigenvalue weighted by Gasteiger charge is 2.15. The zero-order valence-electron chi connectivity index (χ0n) is 9.80. The van der Waals surface area contributed by atoms with Crippen LogP contribution in [0.4, 0.5) is 0 Å². The second-order valence-electron chi connectivity index (χ2n) is 3.48. The Bertz CT molecular complexity index is 543. The summed E-state index contributed by atoms with van der Waals surface area (Å²) in [6.45, 7) is 1.84. The molecule has 0 saturated carbocycles. The first-order valence-electron chi connectivity index (χ1n) is 5.50. The molecule has 0 aliphatic heterocycles. The van der Waals surface area contributed by atoms with Crippen LogP contribution in [0.3, 0.4) is 0 Å². The molecule has 18 heavy (non-hydrogen) atoms. The van der Waals surface area contributed by atoms with Crippen molar-refractivity contribution >= 4 is 23.0 Å². The van der Waals surface area contributed by atoms with E-state index in [0.29, 0.717) is 17.0 Å². The van der Waals surface area contributed by atoms with Crippen LogP contribution in [0.25, 0.3) is 11.1 Å². The average Bonchev–Trinajstić information content (AvgIpc) is 2.78. The molecular formula is C12H12N2O4. The molecule has 0 aliphatic rings. The van der Waals surface area contributed by atoms with Gasteiger partial charge in [-0.15, -0.1) is 0 Å². The van der Waals surface area contributed by atoms with Crippen molar-refractivity contribution in [3.8, 4) is 0 Å². The van der Waals surface area contributed by atoms with Crippen molar-refractivity contribution in [1.29, 1.82) is 0 Å². The molecule has 0 spiro atoms. The van der Waals surface area contributed by atoms with Crippen molar-refractivity contribution in [2.75, 3.05) is 6.61 Å². The molecule has 0 bridgehead atoms. The third-order valence-corrected chi connectivity index (χ3v) is 2.20. The number of ether oxygens (including phenoxy) is 1. The third-order valence-electron chi connectivity index (χ3n) is 2.20. The molecule has 6 heteroatoms. The zero-order chi connectivity index (χ0) is 13.0. The number of aromatic nitrogens is 1. The highest BCUT2D eigenvalue weighted by molar-refractivity contribution is 6.32. The molecule has 1 aromatic heterocycles. The molecule has 0 aliphatic carbocycles. The molecule has 2 aromatic rings. The van der Waals surface area contributed by atoms with Gasteiger partial charge in [0.2, 0.25) is 5.89 Å². The van der Waals surface area contributed by atoms with Gasteiger partial charge in [-0.2, -0.15) is 0 Å². The van der Waals surface area contributed by atoms with Crippen molar-refractivity contribution in [1.82, 2.24) is 10.3 Å². The number of hydrogen-bond donors (Lipinski definition) is 1. The van der Waals surface area contributed by atoms with E-state index in [1.807, 2.05) is 12.1 Å². The van der Waals surface area contributed by atoms with Gasteiger partial charge in [0.05, 0.1) is 13.2 Å². The van der Waals surface area contributed by atoms with Crippen LogP contribution in [-0.2, 0) is 20.9 Å². The minimum Gasteiger partial charge on any atom is -0.459 e. The molecule has 0 atom stereocenters. The lowest BCUT2D eigenvalue weighted by atomic mass is 10.3. The molecule has 2 rings (SSSR count). The fraction of sp³-hybridized carbons (Fsp3) is 0.250. The van der Waals surface area contributed by atoms with Gasteiger partial charge in [0, 0.05) is 0 Å². The number of nitrogens with one attached hydrogen (secondary N) is 1. The number of fused-ring (bicyclic) bond motifs is 1. The van der Waals surface area contributed by atoms with Crippen molar-refractivity contribution in [2.24, 2.45) is 0 Å². The molecule has 1 N–H and O–H groups in total. The van der Waals surface area contributed by atoms with Crippen LogP contribution in [0.1, 0.15) is 12.8 Å². The Labute approximate surface area is 103 Å². The SMILES string of the molecule is CCOC(=O)C(=O)NCc1nc2ccccc2o1. The predicted octanol–water partition coefficient (Wildman–Crippen LogP) is 1.01. The molecule has 0 unspecified atom stereocenters. The monoisotopic (exact) mass is 248 g/mol. The van der Waals surface area contributed by atoms with E-state index in [-0.39, 0.29) is 13.2 Å². The van der Waals surface area contributed by atoms with E-state index in [1.54, 1.807) is 19.1 Å². The number of carbonyl (C=O) groups is 2. The normalized spacial score (nSPS) is 10.3. The second-order valence-corrected chi connectivity index (χ2v) is 3.48. The smallest absolute Gasteiger partial charge is 0.396 e. The standard InChI is InChI=1S/C12H12N2O4/c1-2-17-12(16)11(15)13-7-10-14-8-5-3-4-6-9(8)18-10/h3-6H,2,7H2,1H3,(H,13,15). The van der Waals surface area contributed by atoms with Gasteiger partial charge in [0.1, 0.15) is 5.52 Å². The van der Waals surface area contributed by atoms with Crippen LogP contribution in [0.5, 0.6) is 0 Å². The summed E-state index contributed by atoms with van der Waals surface area (Å²) in [6, 6.07) is 7.24. The van der Waals surface area contributed by atoms with Crippen molar-refractivity contribution in [2.45, 2.75) is 13.5 Å². The molecule has 0 radical (unpaired) electrons. The van der Waals surface area contributed by atoms with E-state index in [4.69, 9.17) is 4.42 Å². The highest BCUT2D eigenvalue weighted by atomic mass is 16.5. The lowest BCUT2D eigenvalue weighted by molar-refractivity contribution is -0.154. The Morgan fingerprint density at radius 3 is 2.89 bits per heavy atom. The van der Waals surface area contributed by atoms with Crippen LogP contribution in [-0.4, -0.2) is 23.5 Å². The average molecular weight is 248 g/mol. The molecule has 1 aromatic carbocycles. The summed E-state index contributed by atoms with van der Waals surface area (Å²) >= 11 is 0. The largest absolute Gasteiger partial charge is 0.459 e. The van der Waals surface area contributed by atoms with Crippen molar-refractivity contribution < 1.29 is 18.7 Å². The van der Waals surface area contributed by atoms with Gasteiger partial charge in [-0.1, -0.05) is 12.1 Å². The van der Waals surface area contributed by atoms with Gasteiger partial charge in [-0.05, 0) is 19.1 Å². The number of hydrogen-bond acceptors (Lipinski definition) is 5. The Morgan fingerprint density at radius 1 is 1.39 bits per heavy atom. The van der Waals surface area contributed by atoms with E-state index in [2.05, 4.69) is 15.0 Å². The molecule has 0 saturated heterocycles. The van der Waals surface area contributed by atoms with E-state index in [9.17, 15) is 9.59 Å². The van der Waals surface area contributed by atoms with Gasteiger partial charge in [0.25, 0.3) is 0 Å². The molecule has 94 valence electrons. The Kier molecular flexibility index (Phi) is 3.57. The molecule has 1 amide bonds. The zero-order valence-corrected chi connectivity index (χ0v) is 9.80. The van der Waals surface area contributed by atoms with Gasteiger partial charge in [-0.25, -0.2) is 9.78 Å². The Morgan fingerprint density at radius 2 is 2.17 bits per heavy atom. The third kappa shape index (κ3) is 2.65. The summed E-state index contributed by atoms with van der Waals surface area (Å²) in [5, 5.41) is 2.37. The van der Waals surface area contributed by atoms with Gasteiger partial charge in [-0.3, -0.25) is 4.79 Å². The van der Waals surface area contributed by atoms with Crippen LogP contribution in [0.2, 0.25) is 0 Å². The van der Waals surface area contributed by atoms with Gasteiger partial charge < -0.3 is 14.5 Å². The van der Waals surface area contributed by atoms with Gasteiger partial charge >= 0.3 is 11.9 Å². The molecular weight excluding hydrogens is 236 g/mol. The lowest BCUT2D eigenvalue weighted by Crippen LogP contribution is -2.32. The maximum atomic E-state index is 11.3. The van der Waals surface area contributed by atoms with E-state index < -0.39 is 11.9 Å². The maximum Gasteiger partial charge on any atom is 0.396 e. The number of benzene rings is 1. The second kappa shape index (κ2) is 5.31. The number of rotatable bonds is 3. The minimum absolute atomic E-state index is 0.0479. The highest BCUT2D eigenvalue weighted by Crippen LogP contribution is 2.14. The molecule has 6 nitrogen and oxygen atoms in total.